The highest BCUT2D eigenvalue weighted by molar-refractivity contribution is 7.84. The van der Waals surface area contributed by atoms with Gasteiger partial charge in [0.05, 0.1) is 7.11 Å². The minimum absolute atomic E-state index is 0.130. The molecule has 0 saturated heterocycles. The third-order valence-corrected chi connectivity index (χ3v) is 4.53. The van der Waals surface area contributed by atoms with Gasteiger partial charge in [0.15, 0.2) is 0 Å². The molecule has 2 aromatic rings. The lowest BCUT2D eigenvalue weighted by molar-refractivity contribution is -0.115. The number of amides is 1. The Labute approximate surface area is 136 Å². The maximum atomic E-state index is 11.8. The molecule has 2 N–H and O–H groups in total. The number of hydrogen-bond donors (Lipinski definition) is 1. The molecule has 4 nitrogen and oxygen atoms in total. The van der Waals surface area contributed by atoms with E-state index in [9.17, 15) is 9.00 Å². The Morgan fingerprint density at radius 1 is 1.27 bits per heavy atom. The highest BCUT2D eigenvalue weighted by Crippen LogP contribution is 2.32. The molecule has 2 rings (SSSR count). The van der Waals surface area contributed by atoms with Crippen molar-refractivity contribution in [2.45, 2.75) is 5.75 Å². The normalized spacial score (nSPS) is 11.9. The minimum Gasteiger partial charge on any atom is -0.496 e. The second-order valence-electron chi connectivity index (χ2n) is 4.74. The van der Waals surface area contributed by atoms with Gasteiger partial charge in [-0.2, -0.15) is 0 Å². The van der Waals surface area contributed by atoms with Gasteiger partial charge in [-0.05, 0) is 29.3 Å². The Kier molecular flexibility index (Phi) is 5.57. The third kappa shape index (κ3) is 4.32. The van der Waals surface area contributed by atoms with Crippen molar-refractivity contribution in [3.8, 4) is 16.9 Å². The van der Waals surface area contributed by atoms with Gasteiger partial charge < -0.3 is 10.5 Å². The first-order chi connectivity index (χ1) is 10.5. The van der Waals surface area contributed by atoms with Crippen molar-refractivity contribution in [3.63, 3.8) is 0 Å². The molecule has 0 spiro atoms. The lowest BCUT2D eigenvalue weighted by Gasteiger charge is -2.10. The van der Waals surface area contributed by atoms with Crippen LogP contribution in [0.1, 0.15) is 5.56 Å². The number of nitrogens with two attached hydrogens (primary N) is 1. The molecule has 0 heterocycles. The maximum Gasteiger partial charge on any atom is 0.230 e. The second-order valence-corrected chi connectivity index (χ2v) is 6.63. The molecule has 1 atom stereocenters. The Morgan fingerprint density at radius 2 is 2.05 bits per heavy atom. The summed E-state index contributed by atoms with van der Waals surface area (Å²) in [7, 11) is 0.281. The van der Waals surface area contributed by atoms with Crippen LogP contribution in [-0.2, 0) is 21.3 Å². The summed E-state index contributed by atoms with van der Waals surface area (Å²) >= 11 is 5.97. The summed E-state index contributed by atoms with van der Waals surface area (Å²) in [5, 5.41) is 0.597. The van der Waals surface area contributed by atoms with E-state index in [1.54, 1.807) is 19.2 Å². The summed E-state index contributed by atoms with van der Waals surface area (Å²) in [6.45, 7) is 0. The fourth-order valence-corrected chi connectivity index (χ4v) is 3.26. The number of primary amides is 1. The van der Waals surface area contributed by atoms with Crippen LogP contribution in [0.15, 0.2) is 42.5 Å². The van der Waals surface area contributed by atoms with Crippen molar-refractivity contribution in [2.75, 3.05) is 12.9 Å². The molecule has 0 fully saturated rings. The average molecular weight is 338 g/mol. The van der Waals surface area contributed by atoms with Gasteiger partial charge >= 0.3 is 0 Å². The number of methoxy groups -OCH3 is 1. The highest BCUT2D eigenvalue weighted by atomic mass is 35.5. The van der Waals surface area contributed by atoms with E-state index in [0.29, 0.717) is 10.8 Å². The smallest absolute Gasteiger partial charge is 0.230 e. The Hall–Kier alpha value is -1.85. The molecule has 0 bridgehead atoms. The SMILES string of the molecule is COc1cc(Cl)ccc1-c1cccc(CS(=O)CC(N)=O)c1. The predicted molar refractivity (Wildman–Crippen MR) is 89.3 cm³/mol. The van der Waals surface area contributed by atoms with Crippen molar-refractivity contribution < 1.29 is 13.7 Å². The number of benzene rings is 2. The first-order valence-electron chi connectivity index (χ1n) is 6.55. The zero-order chi connectivity index (χ0) is 16.1. The first kappa shape index (κ1) is 16.5. The number of carbonyl (C=O) groups is 1. The van der Waals surface area contributed by atoms with Crippen molar-refractivity contribution in [2.24, 2.45) is 5.73 Å². The Morgan fingerprint density at radius 3 is 2.73 bits per heavy atom. The summed E-state index contributed by atoms with van der Waals surface area (Å²) in [6.07, 6.45) is 0. The molecular formula is C16H16ClNO3S. The highest BCUT2D eigenvalue weighted by Gasteiger charge is 2.09. The summed E-state index contributed by atoms with van der Waals surface area (Å²) in [5.74, 6) is 0.262. The molecule has 1 amide bonds. The van der Waals surface area contributed by atoms with Gasteiger partial charge in [-0.3, -0.25) is 9.00 Å². The summed E-state index contributed by atoms with van der Waals surface area (Å²) in [5.41, 5.74) is 7.76. The van der Waals surface area contributed by atoms with Crippen LogP contribution in [0, 0.1) is 0 Å². The Balaban J connectivity index is 2.29. The number of rotatable bonds is 6. The van der Waals surface area contributed by atoms with Crippen molar-refractivity contribution >= 4 is 28.3 Å². The molecule has 6 heteroatoms. The number of halogens is 1. The number of carbonyl (C=O) groups excluding carboxylic acids is 1. The van der Waals surface area contributed by atoms with Crippen LogP contribution in [0.4, 0.5) is 0 Å². The largest absolute Gasteiger partial charge is 0.496 e. The summed E-state index contributed by atoms with van der Waals surface area (Å²) in [4.78, 5) is 10.8. The number of hydrogen-bond acceptors (Lipinski definition) is 3. The van der Waals surface area contributed by atoms with Crippen LogP contribution in [0.2, 0.25) is 5.02 Å². The maximum absolute atomic E-state index is 11.8. The fourth-order valence-electron chi connectivity index (χ4n) is 2.13. The molecule has 2 aromatic carbocycles. The number of ether oxygens (including phenoxy) is 1. The standard InChI is InChI=1S/C16H16ClNO3S/c1-21-15-8-13(17)5-6-14(15)12-4-2-3-11(7-12)9-22(20)10-16(18)19/h2-8H,9-10H2,1H3,(H2,18,19). The van der Waals surface area contributed by atoms with Gasteiger partial charge in [-0.25, -0.2) is 0 Å². The van der Waals surface area contributed by atoms with E-state index in [1.165, 1.54) is 0 Å². The van der Waals surface area contributed by atoms with Gasteiger partial charge in [0, 0.05) is 27.1 Å². The third-order valence-electron chi connectivity index (χ3n) is 3.03. The van der Waals surface area contributed by atoms with Crippen LogP contribution in [0.5, 0.6) is 5.75 Å². The Bertz CT molecular complexity index is 718. The van der Waals surface area contributed by atoms with Crippen LogP contribution < -0.4 is 10.5 Å². The lowest BCUT2D eigenvalue weighted by atomic mass is 10.0. The molecule has 0 aliphatic heterocycles. The zero-order valence-electron chi connectivity index (χ0n) is 12.0. The summed E-state index contributed by atoms with van der Waals surface area (Å²) < 4.78 is 17.2. The van der Waals surface area contributed by atoms with Gasteiger partial charge in [0.2, 0.25) is 5.91 Å². The van der Waals surface area contributed by atoms with Crippen molar-refractivity contribution in [1.82, 2.24) is 0 Å². The van der Waals surface area contributed by atoms with Crippen molar-refractivity contribution in [3.05, 3.63) is 53.1 Å². The van der Waals surface area contributed by atoms with Gasteiger partial charge in [0.1, 0.15) is 11.5 Å². The second kappa shape index (κ2) is 7.42. The van der Waals surface area contributed by atoms with Crippen LogP contribution in [0.3, 0.4) is 0 Å². The molecule has 116 valence electrons. The predicted octanol–water partition coefficient (Wildman–Crippen LogP) is 2.75. The van der Waals surface area contributed by atoms with Crippen molar-refractivity contribution in [1.29, 1.82) is 0 Å². The van der Waals surface area contributed by atoms with E-state index in [4.69, 9.17) is 22.1 Å². The van der Waals surface area contributed by atoms with Crippen LogP contribution in [0.25, 0.3) is 11.1 Å². The molecular weight excluding hydrogens is 322 g/mol. The van der Waals surface area contributed by atoms with Crippen LogP contribution >= 0.6 is 11.6 Å². The van der Waals surface area contributed by atoms with E-state index in [1.807, 2.05) is 30.3 Å². The average Bonchev–Trinajstić information content (AvgIpc) is 2.46. The molecule has 22 heavy (non-hydrogen) atoms. The van der Waals surface area contributed by atoms with E-state index in [0.717, 1.165) is 16.7 Å². The zero-order valence-corrected chi connectivity index (χ0v) is 13.6. The molecule has 0 aliphatic rings. The van der Waals surface area contributed by atoms with Crippen LogP contribution in [-0.4, -0.2) is 23.0 Å². The van der Waals surface area contributed by atoms with Gasteiger partial charge in [-0.15, -0.1) is 0 Å². The fraction of sp³-hybridized carbons (Fsp3) is 0.188. The van der Waals surface area contributed by atoms with E-state index < -0.39 is 16.7 Å². The van der Waals surface area contributed by atoms with Gasteiger partial charge in [0.25, 0.3) is 0 Å². The van der Waals surface area contributed by atoms with E-state index in [2.05, 4.69) is 0 Å². The molecule has 0 radical (unpaired) electrons. The lowest BCUT2D eigenvalue weighted by Crippen LogP contribution is -2.20. The van der Waals surface area contributed by atoms with E-state index in [-0.39, 0.29) is 11.5 Å². The first-order valence-corrected chi connectivity index (χ1v) is 8.42. The topological polar surface area (TPSA) is 69.4 Å². The monoisotopic (exact) mass is 337 g/mol. The molecule has 0 saturated carbocycles. The minimum atomic E-state index is -1.30. The van der Waals surface area contributed by atoms with E-state index >= 15 is 0 Å². The van der Waals surface area contributed by atoms with Gasteiger partial charge in [-0.1, -0.05) is 35.9 Å². The quantitative estimate of drug-likeness (QED) is 0.881. The molecule has 1 unspecified atom stereocenters. The molecule has 0 aliphatic carbocycles. The molecule has 0 aromatic heterocycles. The summed E-state index contributed by atoms with van der Waals surface area (Å²) in [6, 6.07) is 13.0.